The molecule has 2 rings (SSSR count). The zero-order valence-electron chi connectivity index (χ0n) is 10.5. The molecule has 1 unspecified atom stereocenters. The second kappa shape index (κ2) is 6.15. The van der Waals surface area contributed by atoms with Gasteiger partial charge in [-0.2, -0.15) is 0 Å². The van der Waals surface area contributed by atoms with Crippen molar-refractivity contribution in [2.24, 2.45) is 5.73 Å². The average Bonchev–Trinajstić information content (AvgIpc) is 2.78. The number of nitrogens with two attached hydrogens (primary N) is 1. The quantitative estimate of drug-likeness (QED) is 0.844. The summed E-state index contributed by atoms with van der Waals surface area (Å²) in [5.74, 6) is 0. The van der Waals surface area contributed by atoms with E-state index in [1.807, 2.05) is 6.92 Å². The number of ether oxygens (including phenoxy) is 1. The molecule has 2 N–H and O–H groups in total. The van der Waals surface area contributed by atoms with Crippen molar-refractivity contribution in [2.75, 3.05) is 26.3 Å². The van der Waals surface area contributed by atoms with Gasteiger partial charge in [-0.15, -0.1) is 0 Å². The van der Waals surface area contributed by atoms with Gasteiger partial charge in [0.25, 0.3) is 0 Å². The lowest BCUT2D eigenvalue weighted by Gasteiger charge is -2.27. The maximum Gasteiger partial charge on any atom is 0.0663 e. The van der Waals surface area contributed by atoms with Gasteiger partial charge >= 0.3 is 0 Å². The minimum atomic E-state index is 0.322. The maximum absolute atomic E-state index is 5.99. The van der Waals surface area contributed by atoms with E-state index in [-0.39, 0.29) is 0 Å². The summed E-state index contributed by atoms with van der Waals surface area (Å²) in [7, 11) is 0. The molecule has 1 aromatic carbocycles. The van der Waals surface area contributed by atoms with Gasteiger partial charge in [0.05, 0.1) is 12.6 Å². The molecule has 2 atom stereocenters. The van der Waals surface area contributed by atoms with E-state index in [9.17, 15) is 0 Å². The largest absolute Gasteiger partial charge is 0.380 e. The van der Waals surface area contributed by atoms with Crippen LogP contribution in [-0.4, -0.2) is 37.2 Å². The van der Waals surface area contributed by atoms with E-state index < -0.39 is 0 Å². The molecule has 1 heterocycles. The van der Waals surface area contributed by atoms with Crippen LogP contribution in [0.25, 0.3) is 0 Å². The molecule has 0 aromatic heterocycles. The number of likely N-dealkylation sites (tertiary alicyclic amines) is 1. The van der Waals surface area contributed by atoms with Crippen LogP contribution in [0.15, 0.2) is 30.3 Å². The molecule has 1 aromatic rings. The average molecular weight is 234 g/mol. The van der Waals surface area contributed by atoms with Gasteiger partial charge in [0.15, 0.2) is 0 Å². The van der Waals surface area contributed by atoms with Gasteiger partial charge < -0.3 is 10.5 Å². The fourth-order valence-corrected chi connectivity index (χ4v) is 2.42. The van der Waals surface area contributed by atoms with Gasteiger partial charge in [0.2, 0.25) is 0 Å². The van der Waals surface area contributed by atoms with Gasteiger partial charge in [-0.3, -0.25) is 4.90 Å². The molecule has 0 spiro atoms. The maximum atomic E-state index is 5.99. The molecule has 3 nitrogen and oxygen atoms in total. The molecule has 0 radical (unpaired) electrons. The smallest absolute Gasteiger partial charge is 0.0663 e. The zero-order valence-corrected chi connectivity index (χ0v) is 10.5. The Balaban J connectivity index is 2.08. The van der Waals surface area contributed by atoms with Gasteiger partial charge in [0, 0.05) is 25.7 Å². The molecule has 17 heavy (non-hydrogen) atoms. The van der Waals surface area contributed by atoms with Gasteiger partial charge in [-0.1, -0.05) is 30.3 Å². The summed E-state index contributed by atoms with van der Waals surface area (Å²) >= 11 is 0. The van der Waals surface area contributed by atoms with Crippen LogP contribution in [0.5, 0.6) is 0 Å². The summed E-state index contributed by atoms with van der Waals surface area (Å²) in [5.41, 5.74) is 7.32. The zero-order chi connectivity index (χ0) is 12.1. The Hall–Kier alpha value is -0.900. The number of nitrogens with zero attached hydrogens (tertiary/aromatic N) is 1. The summed E-state index contributed by atoms with van der Waals surface area (Å²) in [4.78, 5) is 2.44. The Morgan fingerprint density at radius 2 is 2.18 bits per heavy atom. The third-order valence-electron chi connectivity index (χ3n) is 3.36. The monoisotopic (exact) mass is 234 g/mol. The highest BCUT2D eigenvalue weighted by Crippen LogP contribution is 2.24. The molecule has 1 aliphatic rings. The first-order valence-corrected chi connectivity index (χ1v) is 6.43. The van der Waals surface area contributed by atoms with Crippen molar-refractivity contribution in [3.8, 4) is 0 Å². The molecule has 94 valence electrons. The van der Waals surface area contributed by atoms with Crippen molar-refractivity contribution in [3.63, 3.8) is 0 Å². The molecular weight excluding hydrogens is 212 g/mol. The van der Waals surface area contributed by atoms with E-state index in [0.29, 0.717) is 12.1 Å². The van der Waals surface area contributed by atoms with Crippen LogP contribution in [0, 0.1) is 0 Å². The summed E-state index contributed by atoms with van der Waals surface area (Å²) in [6.07, 6.45) is 1.09. The lowest BCUT2D eigenvalue weighted by atomic mass is 10.1. The Morgan fingerprint density at radius 1 is 1.41 bits per heavy atom. The molecule has 1 fully saturated rings. The fraction of sp³-hybridized carbons (Fsp3) is 0.571. The van der Waals surface area contributed by atoms with Crippen molar-refractivity contribution in [1.29, 1.82) is 0 Å². The van der Waals surface area contributed by atoms with Crippen LogP contribution < -0.4 is 5.73 Å². The van der Waals surface area contributed by atoms with E-state index in [2.05, 4.69) is 35.2 Å². The second-order valence-corrected chi connectivity index (χ2v) is 4.63. The topological polar surface area (TPSA) is 38.5 Å². The SMILES string of the molecule is CCOCC(c1ccccc1)N1CC[C@@H](N)C1. The highest BCUT2D eigenvalue weighted by molar-refractivity contribution is 5.19. The van der Waals surface area contributed by atoms with Crippen LogP contribution in [0.3, 0.4) is 0 Å². The van der Waals surface area contributed by atoms with Crippen LogP contribution in [0.4, 0.5) is 0 Å². The van der Waals surface area contributed by atoms with Crippen molar-refractivity contribution in [3.05, 3.63) is 35.9 Å². The summed E-state index contributed by atoms with van der Waals surface area (Å²) in [6, 6.07) is 11.2. The Bertz CT molecular complexity index is 328. The Kier molecular flexibility index (Phi) is 4.54. The highest BCUT2D eigenvalue weighted by atomic mass is 16.5. The minimum Gasteiger partial charge on any atom is -0.380 e. The number of hydrogen-bond donors (Lipinski definition) is 1. The molecule has 1 aliphatic heterocycles. The summed E-state index contributed by atoms with van der Waals surface area (Å²) in [5, 5.41) is 0. The van der Waals surface area contributed by atoms with E-state index in [0.717, 1.165) is 32.7 Å². The second-order valence-electron chi connectivity index (χ2n) is 4.63. The number of hydrogen-bond acceptors (Lipinski definition) is 3. The molecule has 0 saturated carbocycles. The summed E-state index contributed by atoms with van der Waals surface area (Å²) < 4.78 is 5.62. The van der Waals surface area contributed by atoms with Crippen LogP contribution in [0.1, 0.15) is 24.9 Å². The first-order chi connectivity index (χ1) is 8.31. The lowest BCUT2D eigenvalue weighted by Crippen LogP contribution is -2.32. The van der Waals surface area contributed by atoms with E-state index in [4.69, 9.17) is 10.5 Å². The lowest BCUT2D eigenvalue weighted by molar-refractivity contribution is 0.0760. The molecule has 0 aliphatic carbocycles. The standard InChI is InChI=1S/C14H22N2O/c1-2-17-11-14(12-6-4-3-5-7-12)16-9-8-13(15)10-16/h3-7,13-14H,2,8-11,15H2,1H3/t13-,14?/m1/s1. The van der Waals surface area contributed by atoms with E-state index in [1.54, 1.807) is 0 Å². The third kappa shape index (κ3) is 3.28. The Morgan fingerprint density at radius 3 is 2.76 bits per heavy atom. The van der Waals surface area contributed by atoms with Gasteiger partial charge in [0.1, 0.15) is 0 Å². The van der Waals surface area contributed by atoms with Crippen molar-refractivity contribution in [2.45, 2.75) is 25.4 Å². The van der Waals surface area contributed by atoms with E-state index >= 15 is 0 Å². The molecular formula is C14H22N2O. The Labute approximate surface area is 104 Å². The first-order valence-electron chi connectivity index (χ1n) is 6.43. The third-order valence-corrected chi connectivity index (χ3v) is 3.36. The van der Waals surface area contributed by atoms with Gasteiger partial charge in [-0.05, 0) is 18.9 Å². The van der Waals surface area contributed by atoms with Gasteiger partial charge in [-0.25, -0.2) is 0 Å². The van der Waals surface area contributed by atoms with Crippen molar-refractivity contribution < 1.29 is 4.74 Å². The molecule has 0 amide bonds. The minimum absolute atomic E-state index is 0.322. The predicted octanol–water partition coefficient (Wildman–Crippen LogP) is 1.80. The molecule has 0 bridgehead atoms. The van der Waals surface area contributed by atoms with Crippen molar-refractivity contribution in [1.82, 2.24) is 4.90 Å². The number of rotatable bonds is 5. The van der Waals surface area contributed by atoms with Crippen LogP contribution in [-0.2, 0) is 4.74 Å². The van der Waals surface area contributed by atoms with Crippen LogP contribution in [0.2, 0.25) is 0 Å². The normalized spacial score (nSPS) is 22.8. The molecule has 1 saturated heterocycles. The summed E-state index contributed by atoms with van der Waals surface area (Å²) in [6.45, 7) is 5.62. The van der Waals surface area contributed by atoms with E-state index in [1.165, 1.54) is 5.56 Å². The van der Waals surface area contributed by atoms with Crippen molar-refractivity contribution >= 4 is 0 Å². The van der Waals surface area contributed by atoms with Crippen LogP contribution >= 0.6 is 0 Å². The number of benzene rings is 1. The predicted molar refractivity (Wildman–Crippen MR) is 69.8 cm³/mol. The first kappa shape index (κ1) is 12.6. The highest BCUT2D eigenvalue weighted by Gasteiger charge is 2.27. The molecule has 3 heteroatoms. The fourth-order valence-electron chi connectivity index (χ4n) is 2.42.